The monoisotopic (exact) mass is 423 g/mol. The Hall–Kier alpha value is -2.37. The highest BCUT2D eigenvalue weighted by Crippen LogP contribution is 2.32. The summed E-state index contributed by atoms with van der Waals surface area (Å²) in [5.41, 5.74) is -3.71. The molecule has 0 radical (unpaired) electrons. The van der Waals surface area contributed by atoms with E-state index in [1.807, 2.05) is 5.32 Å². The van der Waals surface area contributed by atoms with Crippen LogP contribution in [0.4, 0.5) is 24.5 Å². The Morgan fingerprint density at radius 2 is 1.78 bits per heavy atom. The van der Waals surface area contributed by atoms with Gasteiger partial charge in [0.25, 0.3) is 15.9 Å². The van der Waals surface area contributed by atoms with Crippen molar-refractivity contribution in [3.63, 3.8) is 0 Å². The number of anilines is 2. The molecule has 0 unspecified atom stereocenters. The molecule has 1 amide bonds. The number of sulfonamides is 1. The van der Waals surface area contributed by atoms with E-state index in [9.17, 15) is 31.5 Å². The molecule has 1 aromatic carbocycles. The second-order valence-electron chi connectivity index (χ2n) is 5.51. The summed E-state index contributed by atoms with van der Waals surface area (Å²) in [6, 6.07) is 5.81. The zero-order valence-corrected chi connectivity index (χ0v) is 15.2. The third kappa shape index (κ3) is 4.67. The predicted molar refractivity (Wildman–Crippen MR) is 91.8 cm³/mol. The van der Waals surface area contributed by atoms with Crippen LogP contribution in [0.1, 0.15) is 6.92 Å². The number of hydrogen-bond acceptors (Lipinski definition) is 5. The molecule has 0 aliphatic heterocycles. The molecule has 0 saturated carbocycles. The minimum absolute atomic E-state index is 0.236. The molecule has 27 heavy (non-hydrogen) atoms. The van der Waals surface area contributed by atoms with Crippen molar-refractivity contribution in [1.29, 1.82) is 0 Å². The summed E-state index contributed by atoms with van der Waals surface area (Å²) in [5, 5.41) is 10.8. The first-order valence-electron chi connectivity index (χ1n) is 7.17. The number of nitrogens with one attached hydrogen (secondary N) is 2. The van der Waals surface area contributed by atoms with Crippen LogP contribution in [-0.2, 0) is 14.8 Å². The number of benzene rings is 1. The van der Waals surface area contributed by atoms with Gasteiger partial charge in [0.1, 0.15) is 0 Å². The highest BCUT2D eigenvalue weighted by molar-refractivity contribution is 7.92. The van der Waals surface area contributed by atoms with Gasteiger partial charge in [-0.05, 0) is 37.3 Å². The molecule has 0 bridgehead atoms. The highest BCUT2D eigenvalue weighted by atomic mass is 35.5. The summed E-state index contributed by atoms with van der Waals surface area (Å²) in [7, 11) is -4.04. The van der Waals surface area contributed by atoms with Crippen molar-refractivity contribution < 1.29 is 31.5 Å². The summed E-state index contributed by atoms with van der Waals surface area (Å²) < 4.78 is 64.9. The van der Waals surface area contributed by atoms with Crippen LogP contribution < -0.4 is 10.0 Å². The number of hydrogen-bond donors (Lipinski definition) is 3. The zero-order chi connectivity index (χ0) is 20.5. The second-order valence-corrected chi connectivity index (χ2v) is 7.60. The van der Waals surface area contributed by atoms with E-state index >= 15 is 0 Å². The van der Waals surface area contributed by atoms with Crippen molar-refractivity contribution in [3.05, 3.63) is 47.7 Å². The van der Waals surface area contributed by atoms with Crippen LogP contribution in [0.25, 0.3) is 0 Å². The molecule has 0 aliphatic carbocycles. The lowest BCUT2D eigenvalue weighted by atomic mass is 10.1. The van der Waals surface area contributed by atoms with Gasteiger partial charge in [0, 0.05) is 12.4 Å². The van der Waals surface area contributed by atoms with Crippen molar-refractivity contribution in [3.8, 4) is 0 Å². The van der Waals surface area contributed by atoms with Crippen molar-refractivity contribution in [2.45, 2.75) is 23.6 Å². The number of alkyl halides is 3. The topological polar surface area (TPSA) is 108 Å². The van der Waals surface area contributed by atoms with Crippen LogP contribution in [0.5, 0.6) is 0 Å². The predicted octanol–water partition coefficient (Wildman–Crippen LogP) is 2.79. The van der Waals surface area contributed by atoms with Crippen molar-refractivity contribution >= 4 is 38.9 Å². The summed E-state index contributed by atoms with van der Waals surface area (Å²) in [5.74, 6) is -1.76. The highest BCUT2D eigenvalue weighted by Gasteiger charge is 2.55. The Kier molecular flexibility index (Phi) is 5.68. The van der Waals surface area contributed by atoms with Crippen LogP contribution in [0.15, 0.2) is 47.6 Å². The molecule has 7 nitrogen and oxygen atoms in total. The third-order valence-electron chi connectivity index (χ3n) is 3.43. The maximum absolute atomic E-state index is 12.7. The van der Waals surface area contributed by atoms with Crippen LogP contribution in [-0.4, -0.2) is 36.2 Å². The molecule has 1 atom stereocenters. The van der Waals surface area contributed by atoms with Gasteiger partial charge < -0.3 is 10.4 Å². The standard InChI is InChI=1S/C15H13ClF3N3O4S/c1-14(24,15(17,18)19)13(23)21-12-3-2-10(8-11(12)16)27(25,26)22-9-4-6-20-7-5-9/h2-8,24H,1H3,(H,20,22)(H,21,23)/t14-/m1/s1. The number of carbonyl (C=O) groups excluding carboxylic acids is 1. The van der Waals surface area contributed by atoms with E-state index in [4.69, 9.17) is 11.6 Å². The molecular weight excluding hydrogens is 411 g/mol. The number of aromatic nitrogens is 1. The molecule has 1 aromatic heterocycles. The normalized spacial score (nSPS) is 14.3. The molecule has 0 aliphatic rings. The number of rotatable bonds is 5. The molecule has 12 heteroatoms. The Bertz CT molecular complexity index is 951. The average molecular weight is 424 g/mol. The third-order valence-corrected chi connectivity index (χ3v) is 5.12. The zero-order valence-electron chi connectivity index (χ0n) is 13.6. The van der Waals surface area contributed by atoms with Crippen molar-refractivity contribution in [1.82, 2.24) is 4.98 Å². The Labute approximate surface area is 157 Å². The van der Waals surface area contributed by atoms with Gasteiger partial charge in [-0.1, -0.05) is 11.6 Å². The number of amides is 1. The summed E-state index contributed by atoms with van der Waals surface area (Å²) in [4.78, 5) is 15.1. The number of pyridine rings is 1. The molecule has 3 N–H and O–H groups in total. The quantitative estimate of drug-likeness (QED) is 0.685. The van der Waals surface area contributed by atoms with E-state index in [1.54, 1.807) is 0 Å². The van der Waals surface area contributed by atoms with E-state index in [2.05, 4.69) is 9.71 Å². The minimum atomic E-state index is -5.21. The SMILES string of the molecule is C[C@@](O)(C(=O)Nc1ccc(S(=O)(=O)Nc2ccncc2)cc1Cl)C(F)(F)F. The maximum atomic E-state index is 12.7. The first-order chi connectivity index (χ1) is 12.3. The Morgan fingerprint density at radius 3 is 2.30 bits per heavy atom. The lowest BCUT2D eigenvalue weighted by molar-refractivity contribution is -0.242. The fourth-order valence-electron chi connectivity index (χ4n) is 1.77. The number of aliphatic hydroxyl groups is 1. The molecule has 1 heterocycles. The summed E-state index contributed by atoms with van der Waals surface area (Å²) >= 11 is 5.87. The number of carbonyl (C=O) groups is 1. The first-order valence-corrected chi connectivity index (χ1v) is 9.03. The molecule has 0 spiro atoms. The van der Waals surface area contributed by atoms with E-state index < -0.39 is 27.7 Å². The van der Waals surface area contributed by atoms with Crippen LogP contribution in [0.2, 0.25) is 5.02 Å². The first kappa shape index (κ1) is 20.9. The van der Waals surface area contributed by atoms with Gasteiger partial charge in [-0.3, -0.25) is 14.5 Å². The molecule has 146 valence electrons. The van der Waals surface area contributed by atoms with Gasteiger partial charge in [0.2, 0.25) is 5.60 Å². The van der Waals surface area contributed by atoms with E-state index in [0.29, 0.717) is 0 Å². The Morgan fingerprint density at radius 1 is 1.19 bits per heavy atom. The van der Waals surface area contributed by atoms with Gasteiger partial charge >= 0.3 is 6.18 Å². The minimum Gasteiger partial charge on any atom is -0.373 e. The summed E-state index contributed by atoms with van der Waals surface area (Å²) in [6.07, 6.45) is -2.46. The van der Waals surface area contributed by atoms with E-state index in [1.165, 1.54) is 24.5 Å². The average Bonchev–Trinajstić information content (AvgIpc) is 2.56. The van der Waals surface area contributed by atoms with E-state index in [-0.39, 0.29) is 28.2 Å². The fraction of sp³-hybridized carbons (Fsp3) is 0.200. The molecule has 0 fully saturated rings. The van der Waals surface area contributed by atoms with Crippen LogP contribution >= 0.6 is 11.6 Å². The molecule has 2 aromatic rings. The maximum Gasteiger partial charge on any atom is 0.426 e. The largest absolute Gasteiger partial charge is 0.426 e. The van der Waals surface area contributed by atoms with Crippen LogP contribution in [0, 0.1) is 0 Å². The second kappa shape index (κ2) is 7.33. The van der Waals surface area contributed by atoms with Crippen LogP contribution in [0.3, 0.4) is 0 Å². The van der Waals surface area contributed by atoms with Crippen molar-refractivity contribution in [2.24, 2.45) is 0 Å². The summed E-state index contributed by atoms with van der Waals surface area (Å²) in [6.45, 7) is 0.285. The van der Waals surface area contributed by atoms with Gasteiger partial charge in [-0.25, -0.2) is 8.42 Å². The van der Waals surface area contributed by atoms with Crippen molar-refractivity contribution in [2.75, 3.05) is 10.0 Å². The molecular formula is C15H13ClF3N3O4S. The number of halogens is 4. The lowest BCUT2D eigenvalue weighted by Crippen LogP contribution is -2.52. The van der Waals surface area contributed by atoms with Gasteiger partial charge in [0.15, 0.2) is 0 Å². The molecule has 0 saturated heterocycles. The smallest absolute Gasteiger partial charge is 0.373 e. The fourth-order valence-corrected chi connectivity index (χ4v) is 3.15. The lowest BCUT2D eigenvalue weighted by Gasteiger charge is -2.25. The Balaban J connectivity index is 2.24. The number of nitrogens with zero attached hydrogens (tertiary/aromatic N) is 1. The van der Waals surface area contributed by atoms with Gasteiger partial charge in [-0.15, -0.1) is 0 Å². The van der Waals surface area contributed by atoms with Gasteiger partial charge in [0.05, 0.1) is 21.3 Å². The van der Waals surface area contributed by atoms with E-state index in [0.717, 1.165) is 18.2 Å². The molecule has 2 rings (SSSR count). The van der Waals surface area contributed by atoms with Gasteiger partial charge in [-0.2, -0.15) is 13.2 Å².